The van der Waals surface area contributed by atoms with Crippen molar-refractivity contribution in [3.05, 3.63) is 42.1 Å². The van der Waals surface area contributed by atoms with Crippen LogP contribution in [0.5, 0.6) is 0 Å². The molecule has 174 valence electrons. The van der Waals surface area contributed by atoms with Crippen LogP contribution in [0.25, 0.3) is 10.9 Å². The number of aliphatic carboxylic acids is 1. The summed E-state index contributed by atoms with van der Waals surface area (Å²) in [4.78, 5) is 28.1. The minimum Gasteiger partial charge on any atom is -0.475 e. The van der Waals surface area contributed by atoms with Gasteiger partial charge in [0.1, 0.15) is 0 Å². The Morgan fingerprint density at radius 2 is 1.97 bits per heavy atom. The molecule has 2 fully saturated rings. The summed E-state index contributed by atoms with van der Waals surface area (Å²) < 4.78 is 37.7. The van der Waals surface area contributed by atoms with Gasteiger partial charge in [-0.25, -0.2) is 4.79 Å². The first-order valence-corrected chi connectivity index (χ1v) is 10.4. The predicted molar refractivity (Wildman–Crippen MR) is 111 cm³/mol. The van der Waals surface area contributed by atoms with Crippen LogP contribution in [0.2, 0.25) is 0 Å². The van der Waals surface area contributed by atoms with E-state index in [0.29, 0.717) is 18.6 Å². The van der Waals surface area contributed by atoms with E-state index in [2.05, 4.69) is 34.5 Å². The minimum absolute atomic E-state index is 0.00926. The zero-order chi connectivity index (χ0) is 23.3. The number of nitrogens with zero attached hydrogens (tertiary/aromatic N) is 2. The number of carboxylic acids is 1. The van der Waals surface area contributed by atoms with E-state index in [9.17, 15) is 18.0 Å². The zero-order valence-corrected chi connectivity index (χ0v) is 17.6. The predicted octanol–water partition coefficient (Wildman–Crippen LogP) is 2.84. The second-order valence-corrected chi connectivity index (χ2v) is 8.00. The third-order valence-corrected chi connectivity index (χ3v) is 5.75. The fourth-order valence-electron chi connectivity index (χ4n) is 4.16. The van der Waals surface area contributed by atoms with Crippen LogP contribution in [0.3, 0.4) is 0 Å². The molecule has 32 heavy (non-hydrogen) atoms. The van der Waals surface area contributed by atoms with Gasteiger partial charge < -0.3 is 15.2 Å². The van der Waals surface area contributed by atoms with Crippen molar-refractivity contribution < 1.29 is 32.6 Å². The van der Waals surface area contributed by atoms with E-state index >= 15 is 0 Å². The first-order valence-electron chi connectivity index (χ1n) is 10.4. The molecule has 0 unspecified atom stereocenters. The summed E-state index contributed by atoms with van der Waals surface area (Å²) in [6, 6.07) is 12.5. The summed E-state index contributed by atoms with van der Waals surface area (Å²) in [5.41, 5.74) is 2.16. The molecule has 2 aliphatic heterocycles. The summed E-state index contributed by atoms with van der Waals surface area (Å²) >= 11 is 0. The van der Waals surface area contributed by atoms with Crippen molar-refractivity contribution >= 4 is 22.8 Å². The number of rotatable bonds is 3. The molecule has 2 N–H and O–H groups in total. The summed E-state index contributed by atoms with van der Waals surface area (Å²) in [6.45, 7) is 3.43. The molecule has 4 rings (SSSR count). The van der Waals surface area contributed by atoms with E-state index in [1.807, 2.05) is 12.1 Å². The number of amides is 1. The van der Waals surface area contributed by atoms with Crippen molar-refractivity contribution in [1.29, 1.82) is 0 Å². The molecular formula is C22H26F3N3O4. The Labute approximate surface area is 183 Å². The Bertz CT molecular complexity index is 953. The van der Waals surface area contributed by atoms with E-state index in [1.165, 1.54) is 5.39 Å². The van der Waals surface area contributed by atoms with Crippen molar-refractivity contribution in [2.24, 2.45) is 11.8 Å². The molecular weight excluding hydrogens is 427 g/mol. The number of ether oxygens (including phenoxy) is 1. The van der Waals surface area contributed by atoms with Gasteiger partial charge in [0.05, 0.1) is 29.8 Å². The van der Waals surface area contributed by atoms with Gasteiger partial charge in [-0.1, -0.05) is 24.3 Å². The molecule has 2 aliphatic rings. The lowest BCUT2D eigenvalue weighted by Crippen LogP contribution is -2.50. The first-order chi connectivity index (χ1) is 15.2. The second kappa shape index (κ2) is 10.3. The third-order valence-electron chi connectivity index (χ3n) is 5.75. The van der Waals surface area contributed by atoms with Crippen LogP contribution in [0, 0.1) is 11.8 Å². The third kappa shape index (κ3) is 6.17. The number of carboxylic acid groups (broad SMARTS) is 1. The second-order valence-electron chi connectivity index (χ2n) is 8.00. The van der Waals surface area contributed by atoms with Crippen LogP contribution in [-0.4, -0.2) is 65.9 Å². The Morgan fingerprint density at radius 3 is 2.66 bits per heavy atom. The smallest absolute Gasteiger partial charge is 0.475 e. The van der Waals surface area contributed by atoms with Gasteiger partial charge in [0, 0.05) is 32.1 Å². The largest absolute Gasteiger partial charge is 0.490 e. The van der Waals surface area contributed by atoms with Gasteiger partial charge >= 0.3 is 12.1 Å². The van der Waals surface area contributed by atoms with Crippen LogP contribution in [0.1, 0.15) is 18.5 Å². The number of fused-ring (bicyclic) bond motifs is 2. The highest BCUT2D eigenvalue weighted by Crippen LogP contribution is 2.32. The number of aromatic nitrogens is 1. The number of benzene rings is 1. The van der Waals surface area contributed by atoms with Crippen molar-refractivity contribution in [3.63, 3.8) is 0 Å². The summed E-state index contributed by atoms with van der Waals surface area (Å²) in [5.74, 6) is -2.23. The topological polar surface area (TPSA) is 91.8 Å². The van der Waals surface area contributed by atoms with Gasteiger partial charge in [-0.2, -0.15) is 13.2 Å². The number of hydrogen-bond acceptors (Lipinski definition) is 5. The number of halogens is 3. The molecule has 0 saturated carbocycles. The van der Waals surface area contributed by atoms with Crippen LogP contribution >= 0.6 is 0 Å². The number of likely N-dealkylation sites (tertiary alicyclic amines) is 1. The lowest BCUT2D eigenvalue weighted by Gasteiger charge is -2.43. The number of carbonyl (C=O) groups is 2. The van der Waals surface area contributed by atoms with Gasteiger partial charge in [-0.3, -0.25) is 14.7 Å². The van der Waals surface area contributed by atoms with Crippen LogP contribution in [0.4, 0.5) is 13.2 Å². The average molecular weight is 453 g/mol. The molecule has 2 aromatic rings. The maximum Gasteiger partial charge on any atom is 0.490 e. The quantitative estimate of drug-likeness (QED) is 0.743. The number of alkyl halides is 3. The highest BCUT2D eigenvalue weighted by atomic mass is 19.4. The fraction of sp³-hybridized carbons (Fsp3) is 0.500. The van der Waals surface area contributed by atoms with Crippen LogP contribution in [-0.2, 0) is 20.9 Å². The fourth-order valence-corrected chi connectivity index (χ4v) is 4.16. The summed E-state index contributed by atoms with van der Waals surface area (Å²) in [7, 11) is 1.70. The Kier molecular flexibility index (Phi) is 7.68. The van der Waals surface area contributed by atoms with Gasteiger partial charge in [0.2, 0.25) is 5.91 Å². The molecule has 3 atom stereocenters. The molecule has 0 spiro atoms. The highest BCUT2D eigenvalue weighted by Gasteiger charge is 2.39. The van der Waals surface area contributed by atoms with Crippen molar-refractivity contribution in [3.8, 4) is 0 Å². The SMILES string of the molecule is CNC(=O)[C@H]1CO[C@H]2CCN(Cc3ccc4ccccc4n3)C[C@H]2C1.O=C(O)C(F)(F)F. The molecule has 0 aliphatic carbocycles. The number of carbonyl (C=O) groups excluding carboxylic acids is 1. The van der Waals surface area contributed by atoms with Gasteiger partial charge in [0.25, 0.3) is 0 Å². The van der Waals surface area contributed by atoms with Gasteiger partial charge in [-0.15, -0.1) is 0 Å². The Morgan fingerprint density at radius 1 is 1.25 bits per heavy atom. The standard InChI is InChI=1S/C20H25N3O2.C2HF3O2/c1-21-20(24)16-10-15-11-23(9-8-19(15)25-13-16)12-17-7-6-14-4-2-3-5-18(14)22-17;3-2(4,5)1(6)7/h2-7,15-16,19H,8-13H2,1H3,(H,21,24);(H,6,7)/t15-,16-,19+;/m1./s1. The molecule has 1 aromatic carbocycles. The molecule has 1 aromatic heterocycles. The van der Waals surface area contributed by atoms with Crippen LogP contribution < -0.4 is 5.32 Å². The number of hydrogen-bond donors (Lipinski definition) is 2. The minimum atomic E-state index is -5.08. The van der Waals surface area contributed by atoms with E-state index in [4.69, 9.17) is 19.6 Å². The molecule has 2 saturated heterocycles. The first kappa shape index (κ1) is 23.9. The zero-order valence-electron chi connectivity index (χ0n) is 17.6. The molecule has 3 heterocycles. The van der Waals surface area contributed by atoms with Crippen molar-refractivity contribution in [2.45, 2.75) is 31.7 Å². The summed E-state index contributed by atoms with van der Waals surface area (Å²) in [5, 5.41) is 11.1. The number of pyridine rings is 1. The van der Waals surface area contributed by atoms with E-state index in [0.717, 1.165) is 43.7 Å². The van der Waals surface area contributed by atoms with Gasteiger partial charge in [-0.05, 0) is 30.9 Å². The van der Waals surface area contributed by atoms with Crippen molar-refractivity contribution in [2.75, 3.05) is 26.7 Å². The summed E-state index contributed by atoms with van der Waals surface area (Å²) in [6.07, 6.45) is -2.81. The van der Waals surface area contributed by atoms with E-state index in [1.54, 1.807) is 7.05 Å². The van der Waals surface area contributed by atoms with Gasteiger partial charge in [0.15, 0.2) is 0 Å². The maximum absolute atomic E-state index is 11.9. The Balaban J connectivity index is 0.000000360. The molecule has 1 amide bonds. The Hall–Kier alpha value is -2.72. The van der Waals surface area contributed by atoms with E-state index in [-0.39, 0.29) is 11.8 Å². The number of nitrogens with one attached hydrogen (secondary N) is 1. The van der Waals surface area contributed by atoms with Crippen molar-refractivity contribution in [1.82, 2.24) is 15.2 Å². The van der Waals surface area contributed by atoms with Crippen LogP contribution in [0.15, 0.2) is 36.4 Å². The molecule has 7 nitrogen and oxygen atoms in total. The number of para-hydroxylation sites is 1. The number of piperidine rings is 1. The molecule has 10 heteroatoms. The maximum atomic E-state index is 11.9. The molecule has 0 bridgehead atoms. The highest BCUT2D eigenvalue weighted by molar-refractivity contribution is 5.79. The lowest BCUT2D eigenvalue weighted by molar-refractivity contribution is -0.192. The average Bonchev–Trinajstić information content (AvgIpc) is 2.77. The normalized spacial score (nSPS) is 23.6. The molecule has 0 radical (unpaired) electrons. The lowest BCUT2D eigenvalue weighted by atomic mass is 9.83. The van der Waals surface area contributed by atoms with E-state index < -0.39 is 12.1 Å². The monoisotopic (exact) mass is 453 g/mol.